The second-order valence-corrected chi connectivity index (χ2v) is 6.44. The first-order chi connectivity index (χ1) is 11.6. The van der Waals surface area contributed by atoms with Crippen LogP contribution >= 0.6 is 0 Å². The molecule has 0 unspecified atom stereocenters. The Kier molecular flexibility index (Phi) is 6.91. The van der Waals surface area contributed by atoms with Gasteiger partial charge in [0.25, 0.3) is 0 Å². The van der Waals surface area contributed by atoms with Crippen molar-refractivity contribution in [1.29, 1.82) is 0 Å². The van der Waals surface area contributed by atoms with Crippen LogP contribution in [-0.4, -0.2) is 44.8 Å². The van der Waals surface area contributed by atoms with E-state index >= 15 is 0 Å². The maximum absolute atomic E-state index is 13.0. The van der Waals surface area contributed by atoms with Gasteiger partial charge in [0.05, 0.1) is 26.9 Å². The smallest absolute Gasteiger partial charge is 0.226 e. The molecule has 1 aliphatic carbocycles. The number of benzene rings is 1. The van der Waals surface area contributed by atoms with Gasteiger partial charge in [-0.25, -0.2) is 0 Å². The lowest BCUT2D eigenvalue weighted by Crippen LogP contribution is -2.43. The van der Waals surface area contributed by atoms with E-state index in [0.717, 1.165) is 31.2 Å². The van der Waals surface area contributed by atoms with E-state index in [2.05, 4.69) is 0 Å². The van der Waals surface area contributed by atoms with E-state index < -0.39 is 0 Å². The Balaban J connectivity index is 2.19. The van der Waals surface area contributed by atoms with Gasteiger partial charge in [0.15, 0.2) is 11.5 Å². The molecule has 0 heterocycles. The van der Waals surface area contributed by atoms with Gasteiger partial charge in [-0.3, -0.25) is 4.79 Å². The fourth-order valence-corrected chi connectivity index (χ4v) is 3.37. The van der Waals surface area contributed by atoms with Crippen LogP contribution in [0.2, 0.25) is 0 Å². The van der Waals surface area contributed by atoms with Gasteiger partial charge in [0, 0.05) is 19.6 Å². The number of nitrogens with zero attached hydrogens (tertiary/aromatic N) is 1. The van der Waals surface area contributed by atoms with E-state index in [9.17, 15) is 4.79 Å². The van der Waals surface area contributed by atoms with Gasteiger partial charge in [0.1, 0.15) is 0 Å². The lowest BCUT2D eigenvalue weighted by atomic mass is 10.0. The molecule has 1 aromatic carbocycles. The predicted octanol–water partition coefficient (Wildman–Crippen LogP) is 3.26. The standard InChI is InChI=1S/C19H29NO4/c1-14(13-22-2)20(19(21)16-7-5-6-8-16)12-15-9-10-17(23-3)18(11-15)24-4/h9-11,14,16H,5-8,12-13H2,1-4H3/t14-/m1/s1. The summed E-state index contributed by atoms with van der Waals surface area (Å²) in [5.41, 5.74) is 1.03. The largest absolute Gasteiger partial charge is 0.493 e. The van der Waals surface area contributed by atoms with Crippen LogP contribution in [0.3, 0.4) is 0 Å². The molecule has 1 aliphatic rings. The molecule has 5 heteroatoms. The second-order valence-electron chi connectivity index (χ2n) is 6.44. The summed E-state index contributed by atoms with van der Waals surface area (Å²) >= 11 is 0. The maximum atomic E-state index is 13.0. The highest BCUT2D eigenvalue weighted by molar-refractivity contribution is 5.79. The summed E-state index contributed by atoms with van der Waals surface area (Å²) < 4.78 is 15.9. The van der Waals surface area contributed by atoms with Gasteiger partial charge in [-0.2, -0.15) is 0 Å². The van der Waals surface area contributed by atoms with Crippen molar-refractivity contribution in [3.8, 4) is 11.5 Å². The first-order valence-corrected chi connectivity index (χ1v) is 8.61. The molecule has 1 amide bonds. The zero-order valence-electron chi connectivity index (χ0n) is 15.2. The summed E-state index contributed by atoms with van der Waals surface area (Å²) in [6, 6.07) is 5.84. The molecule has 24 heavy (non-hydrogen) atoms. The molecule has 1 saturated carbocycles. The number of methoxy groups -OCH3 is 3. The topological polar surface area (TPSA) is 48.0 Å². The number of rotatable bonds is 8. The maximum Gasteiger partial charge on any atom is 0.226 e. The zero-order valence-corrected chi connectivity index (χ0v) is 15.2. The number of amides is 1. The van der Waals surface area contributed by atoms with Crippen LogP contribution in [0, 0.1) is 5.92 Å². The Morgan fingerprint density at radius 3 is 2.42 bits per heavy atom. The predicted molar refractivity (Wildman–Crippen MR) is 93.4 cm³/mol. The summed E-state index contributed by atoms with van der Waals surface area (Å²) in [5, 5.41) is 0. The van der Waals surface area contributed by atoms with Crippen molar-refractivity contribution < 1.29 is 19.0 Å². The molecule has 0 aliphatic heterocycles. The van der Waals surface area contributed by atoms with Crippen LogP contribution in [0.5, 0.6) is 11.5 Å². The Morgan fingerprint density at radius 2 is 1.83 bits per heavy atom. The van der Waals surface area contributed by atoms with Crippen molar-refractivity contribution in [1.82, 2.24) is 4.90 Å². The molecule has 0 saturated heterocycles. The Morgan fingerprint density at radius 1 is 1.17 bits per heavy atom. The van der Waals surface area contributed by atoms with Crippen molar-refractivity contribution in [2.24, 2.45) is 5.92 Å². The molecule has 1 aromatic rings. The molecule has 0 radical (unpaired) electrons. The third-order valence-corrected chi connectivity index (χ3v) is 4.73. The summed E-state index contributed by atoms with van der Waals surface area (Å²) in [4.78, 5) is 14.9. The van der Waals surface area contributed by atoms with E-state index in [0.29, 0.717) is 24.7 Å². The van der Waals surface area contributed by atoms with Crippen molar-refractivity contribution in [2.45, 2.75) is 45.2 Å². The van der Waals surface area contributed by atoms with Gasteiger partial charge < -0.3 is 19.1 Å². The van der Waals surface area contributed by atoms with Crippen molar-refractivity contribution in [2.75, 3.05) is 27.9 Å². The molecular weight excluding hydrogens is 306 g/mol. The molecule has 2 rings (SSSR count). The highest BCUT2D eigenvalue weighted by Gasteiger charge is 2.30. The first kappa shape index (κ1) is 18.6. The number of carbonyl (C=O) groups excluding carboxylic acids is 1. The normalized spacial score (nSPS) is 16.0. The minimum atomic E-state index is 0.0381. The van der Waals surface area contributed by atoms with E-state index in [1.807, 2.05) is 30.0 Å². The fraction of sp³-hybridized carbons (Fsp3) is 0.632. The minimum absolute atomic E-state index is 0.0381. The molecule has 134 valence electrons. The molecular formula is C19H29NO4. The third-order valence-electron chi connectivity index (χ3n) is 4.73. The van der Waals surface area contributed by atoms with Gasteiger partial charge in [-0.05, 0) is 37.5 Å². The van der Waals surface area contributed by atoms with Gasteiger partial charge in [-0.15, -0.1) is 0 Å². The molecule has 0 N–H and O–H groups in total. The van der Waals surface area contributed by atoms with E-state index in [-0.39, 0.29) is 17.9 Å². The van der Waals surface area contributed by atoms with Crippen LogP contribution in [0.4, 0.5) is 0 Å². The SMILES string of the molecule is COC[C@@H](C)N(Cc1ccc(OC)c(OC)c1)C(=O)C1CCCC1. The molecule has 0 bridgehead atoms. The van der Waals surface area contributed by atoms with Crippen molar-refractivity contribution in [3.63, 3.8) is 0 Å². The molecule has 0 aromatic heterocycles. The molecule has 1 atom stereocenters. The minimum Gasteiger partial charge on any atom is -0.493 e. The quantitative estimate of drug-likeness (QED) is 0.732. The number of ether oxygens (including phenoxy) is 3. The van der Waals surface area contributed by atoms with Crippen molar-refractivity contribution in [3.05, 3.63) is 23.8 Å². The average molecular weight is 335 g/mol. The zero-order chi connectivity index (χ0) is 17.5. The molecule has 1 fully saturated rings. The van der Waals surface area contributed by atoms with Crippen LogP contribution in [-0.2, 0) is 16.1 Å². The number of carbonyl (C=O) groups is 1. The monoisotopic (exact) mass is 335 g/mol. The molecule has 5 nitrogen and oxygen atoms in total. The summed E-state index contributed by atoms with van der Waals surface area (Å²) in [7, 11) is 4.91. The first-order valence-electron chi connectivity index (χ1n) is 8.61. The Bertz CT molecular complexity index is 540. The van der Waals surface area contributed by atoms with E-state index in [1.54, 1.807) is 21.3 Å². The lowest BCUT2D eigenvalue weighted by molar-refractivity contribution is -0.139. The summed E-state index contributed by atoms with van der Waals surface area (Å²) in [5.74, 6) is 1.78. The van der Waals surface area contributed by atoms with Gasteiger partial charge in [-0.1, -0.05) is 18.9 Å². The highest BCUT2D eigenvalue weighted by atomic mass is 16.5. The third kappa shape index (κ3) is 4.41. The van der Waals surface area contributed by atoms with E-state index in [1.165, 1.54) is 0 Å². The fourth-order valence-electron chi connectivity index (χ4n) is 3.37. The Hall–Kier alpha value is -1.75. The van der Waals surface area contributed by atoms with Crippen LogP contribution in [0.15, 0.2) is 18.2 Å². The van der Waals surface area contributed by atoms with E-state index in [4.69, 9.17) is 14.2 Å². The number of hydrogen-bond acceptors (Lipinski definition) is 4. The van der Waals surface area contributed by atoms with Crippen LogP contribution in [0.25, 0.3) is 0 Å². The van der Waals surface area contributed by atoms with Crippen LogP contribution < -0.4 is 9.47 Å². The van der Waals surface area contributed by atoms with Crippen LogP contribution in [0.1, 0.15) is 38.2 Å². The average Bonchev–Trinajstić information content (AvgIpc) is 3.13. The van der Waals surface area contributed by atoms with Gasteiger partial charge >= 0.3 is 0 Å². The number of hydrogen-bond donors (Lipinski definition) is 0. The lowest BCUT2D eigenvalue weighted by Gasteiger charge is -2.31. The summed E-state index contributed by atoms with van der Waals surface area (Å²) in [6.45, 7) is 3.13. The second kappa shape index (κ2) is 8.92. The van der Waals surface area contributed by atoms with Gasteiger partial charge in [0.2, 0.25) is 5.91 Å². The molecule has 0 spiro atoms. The summed E-state index contributed by atoms with van der Waals surface area (Å²) in [6.07, 6.45) is 4.31. The highest BCUT2D eigenvalue weighted by Crippen LogP contribution is 2.30. The Labute approximate surface area is 144 Å². The van der Waals surface area contributed by atoms with Crippen molar-refractivity contribution >= 4 is 5.91 Å².